The van der Waals surface area contributed by atoms with E-state index in [4.69, 9.17) is 4.74 Å². The average Bonchev–Trinajstić information content (AvgIpc) is 2.67. The van der Waals surface area contributed by atoms with Crippen molar-refractivity contribution in [1.29, 1.82) is 0 Å². The zero-order valence-corrected chi connectivity index (χ0v) is 16.7. The van der Waals surface area contributed by atoms with E-state index in [0.717, 1.165) is 11.3 Å². The Kier molecular flexibility index (Phi) is 6.28. The second-order valence-corrected chi connectivity index (χ2v) is 7.00. The Bertz CT molecular complexity index is 894. The van der Waals surface area contributed by atoms with Gasteiger partial charge >= 0.3 is 12.0 Å². The molecule has 1 saturated heterocycles. The molecule has 29 heavy (non-hydrogen) atoms. The highest BCUT2D eigenvalue weighted by Crippen LogP contribution is 2.34. The van der Waals surface area contributed by atoms with Gasteiger partial charge in [0, 0.05) is 55.4 Å². The number of nitrogens with zero attached hydrogens (tertiary/aromatic N) is 3. The fourth-order valence-corrected chi connectivity index (χ4v) is 3.40. The molecule has 0 bridgehead atoms. The van der Waals surface area contributed by atoms with E-state index in [1.807, 2.05) is 20.8 Å². The molecule has 0 aromatic carbocycles. The molecule has 1 fully saturated rings. The molecule has 1 aliphatic heterocycles. The SMILES string of the molecule is CCNC(=O)Nc1cc(N2C[C@@H](C)O[C@@H](C)C2)c(-c2cncc(C(=O)O)c2)cn1. The van der Waals surface area contributed by atoms with Crippen LogP contribution in [0, 0.1) is 0 Å². The van der Waals surface area contributed by atoms with Crippen molar-refractivity contribution in [2.45, 2.75) is 33.0 Å². The van der Waals surface area contributed by atoms with Crippen molar-refractivity contribution >= 4 is 23.5 Å². The lowest BCUT2D eigenvalue weighted by Gasteiger charge is -2.37. The summed E-state index contributed by atoms with van der Waals surface area (Å²) in [5.41, 5.74) is 2.31. The molecule has 3 N–H and O–H groups in total. The summed E-state index contributed by atoms with van der Waals surface area (Å²) in [7, 11) is 0. The summed E-state index contributed by atoms with van der Waals surface area (Å²) in [6, 6.07) is 3.03. The molecule has 3 heterocycles. The monoisotopic (exact) mass is 399 g/mol. The summed E-state index contributed by atoms with van der Waals surface area (Å²) in [5, 5.41) is 14.7. The van der Waals surface area contributed by atoms with Crippen LogP contribution in [0.25, 0.3) is 11.1 Å². The number of morpholine rings is 1. The number of carboxylic acids is 1. The molecule has 2 amide bonds. The maximum Gasteiger partial charge on any atom is 0.337 e. The van der Waals surface area contributed by atoms with Gasteiger partial charge in [0.15, 0.2) is 0 Å². The smallest absolute Gasteiger partial charge is 0.337 e. The number of hydrogen-bond acceptors (Lipinski definition) is 6. The zero-order chi connectivity index (χ0) is 21.0. The highest BCUT2D eigenvalue weighted by molar-refractivity contribution is 5.92. The zero-order valence-electron chi connectivity index (χ0n) is 16.7. The molecule has 2 atom stereocenters. The molecule has 154 valence electrons. The van der Waals surface area contributed by atoms with Crippen LogP contribution in [-0.2, 0) is 4.74 Å². The number of nitrogens with one attached hydrogen (secondary N) is 2. The first-order valence-electron chi connectivity index (χ1n) is 9.51. The van der Waals surface area contributed by atoms with Crippen molar-refractivity contribution in [3.63, 3.8) is 0 Å². The predicted octanol–water partition coefficient (Wildman–Crippen LogP) is 2.60. The van der Waals surface area contributed by atoms with Crippen molar-refractivity contribution in [2.75, 3.05) is 29.9 Å². The number of urea groups is 1. The molecule has 0 saturated carbocycles. The summed E-state index contributed by atoms with van der Waals surface area (Å²) >= 11 is 0. The first-order chi connectivity index (χ1) is 13.9. The van der Waals surface area contributed by atoms with Crippen molar-refractivity contribution in [3.8, 4) is 11.1 Å². The number of hydrogen-bond donors (Lipinski definition) is 3. The normalized spacial score (nSPS) is 18.9. The van der Waals surface area contributed by atoms with E-state index < -0.39 is 5.97 Å². The molecule has 9 heteroatoms. The van der Waals surface area contributed by atoms with E-state index in [9.17, 15) is 14.7 Å². The molecular weight excluding hydrogens is 374 g/mol. The number of aromatic carboxylic acids is 1. The van der Waals surface area contributed by atoms with Crippen LogP contribution < -0.4 is 15.5 Å². The number of carbonyl (C=O) groups excluding carboxylic acids is 1. The molecule has 0 spiro atoms. The van der Waals surface area contributed by atoms with Crippen molar-refractivity contribution in [3.05, 3.63) is 36.3 Å². The molecule has 1 aliphatic rings. The Balaban J connectivity index is 2.03. The summed E-state index contributed by atoms with van der Waals surface area (Å²) in [6.07, 6.45) is 4.61. The minimum atomic E-state index is -1.04. The van der Waals surface area contributed by atoms with E-state index in [2.05, 4.69) is 25.5 Å². The molecule has 0 radical (unpaired) electrons. The number of aromatic nitrogens is 2. The predicted molar refractivity (Wildman–Crippen MR) is 109 cm³/mol. The highest BCUT2D eigenvalue weighted by Gasteiger charge is 2.25. The third kappa shape index (κ3) is 5.00. The number of rotatable bonds is 5. The number of amides is 2. The van der Waals surface area contributed by atoms with Crippen LogP contribution in [0.5, 0.6) is 0 Å². The third-order valence-corrected chi connectivity index (χ3v) is 4.52. The Morgan fingerprint density at radius 1 is 1.21 bits per heavy atom. The Morgan fingerprint density at radius 2 is 1.93 bits per heavy atom. The van der Waals surface area contributed by atoms with E-state index in [1.54, 1.807) is 24.5 Å². The van der Waals surface area contributed by atoms with Crippen LogP contribution >= 0.6 is 0 Å². The number of ether oxygens (including phenoxy) is 1. The van der Waals surface area contributed by atoms with Gasteiger partial charge in [0.25, 0.3) is 0 Å². The fraction of sp³-hybridized carbons (Fsp3) is 0.400. The standard InChI is InChI=1S/C20H25N5O4/c1-4-22-20(28)24-18-6-17(25-10-12(2)29-13(3)11-25)16(9-23-18)14-5-15(19(26)27)8-21-7-14/h5-9,12-13H,4,10-11H2,1-3H3,(H,26,27)(H2,22,23,24,28)/t12-,13+. The van der Waals surface area contributed by atoms with Gasteiger partial charge in [-0.15, -0.1) is 0 Å². The molecule has 0 aliphatic carbocycles. The van der Waals surface area contributed by atoms with Gasteiger partial charge in [-0.2, -0.15) is 0 Å². The van der Waals surface area contributed by atoms with Gasteiger partial charge in [-0.1, -0.05) is 0 Å². The molecular formula is C20H25N5O4. The third-order valence-electron chi connectivity index (χ3n) is 4.52. The van der Waals surface area contributed by atoms with Crippen molar-refractivity contribution in [2.24, 2.45) is 0 Å². The summed E-state index contributed by atoms with van der Waals surface area (Å²) in [5.74, 6) is -0.638. The van der Waals surface area contributed by atoms with E-state index in [0.29, 0.717) is 31.0 Å². The fourth-order valence-electron chi connectivity index (χ4n) is 3.40. The summed E-state index contributed by atoms with van der Waals surface area (Å²) < 4.78 is 5.83. The van der Waals surface area contributed by atoms with Crippen molar-refractivity contribution in [1.82, 2.24) is 15.3 Å². The molecule has 9 nitrogen and oxygen atoms in total. The van der Waals surface area contributed by atoms with Crippen LogP contribution in [0.4, 0.5) is 16.3 Å². The van der Waals surface area contributed by atoms with Crippen LogP contribution in [0.2, 0.25) is 0 Å². The van der Waals surface area contributed by atoms with Gasteiger partial charge in [-0.25, -0.2) is 14.6 Å². The Hall–Kier alpha value is -3.20. The minimum Gasteiger partial charge on any atom is -0.478 e. The largest absolute Gasteiger partial charge is 0.478 e. The van der Waals surface area contributed by atoms with Crippen LogP contribution in [0.3, 0.4) is 0 Å². The van der Waals surface area contributed by atoms with Crippen molar-refractivity contribution < 1.29 is 19.4 Å². The lowest BCUT2D eigenvalue weighted by Crippen LogP contribution is -2.45. The topological polar surface area (TPSA) is 117 Å². The first kappa shape index (κ1) is 20.5. The first-order valence-corrected chi connectivity index (χ1v) is 9.51. The van der Waals surface area contributed by atoms with Gasteiger partial charge in [0.1, 0.15) is 5.82 Å². The summed E-state index contributed by atoms with van der Waals surface area (Å²) in [4.78, 5) is 33.8. The minimum absolute atomic E-state index is 0.0306. The molecule has 3 rings (SSSR count). The molecule has 2 aromatic heterocycles. The summed E-state index contributed by atoms with van der Waals surface area (Å²) in [6.45, 7) is 7.67. The second kappa shape index (κ2) is 8.87. The van der Waals surface area contributed by atoms with E-state index >= 15 is 0 Å². The number of carbonyl (C=O) groups is 2. The average molecular weight is 399 g/mol. The van der Waals surface area contributed by atoms with Gasteiger partial charge in [-0.3, -0.25) is 10.3 Å². The quantitative estimate of drug-likeness (QED) is 0.707. The number of pyridine rings is 2. The highest BCUT2D eigenvalue weighted by atomic mass is 16.5. The number of anilines is 2. The maximum absolute atomic E-state index is 11.9. The molecule has 0 unspecified atom stereocenters. The Labute approximate surface area is 169 Å². The lowest BCUT2D eigenvalue weighted by molar-refractivity contribution is -0.00519. The maximum atomic E-state index is 11.9. The van der Waals surface area contributed by atoms with E-state index in [-0.39, 0.29) is 23.8 Å². The Morgan fingerprint density at radius 3 is 2.59 bits per heavy atom. The van der Waals surface area contributed by atoms with Crippen LogP contribution in [-0.4, -0.2) is 58.9 Å². The van der Waals surface area contributed by atoms with E-state index in [1.165, 1.54) is 6.20 Å². The van der Waals surface area contributed by atoms with Gasteiger partial charge in [-0.05, 0) is 26.8 Å². The van der Waals surface area contributed by atoms with Gasteiger partial charge in [0.05, 0.1) is 23.5 Å². The molecule has 2 aromatic rings. The van der Waals surface area contributed by atoms with Gasteiger partial charge in [0.2, 0.25) is 0 Å². The van der Waals surface area contributed by atoms with Gasteiger partial charge < -0.3 is 20.1 Å². The lowest BCUT2D eigenvalue weighted by atomic mass is 10.0. The van der Waals surface area contributed by atoms with Crippen LogP contribution in [0.15, 0.2) is 30.7 Å². The number of carboxylic acid groups (broad SMARTS) is 1. The van der Waals surface area contributed by atoms with Crippen LogP contribution in [0.1, 0.15) is 31.1 Å². The second-order valence-electron chi connectivity index (χ2n) is 7.00.